The lowest BCUT2D eigenvalue weighted by atomic mass is 10.2. The van der Waals surface area contributed by atoms with Crippen molar-refractivity contribution in [3.05, 3.63) is 65.7 Å². The highest BCUT2D eigenvalue weighted by Gasteiger charge is 2.14. The van der Waals surface area contributed by atoms with Crippen LogP contribution in [-0.2, 0) is 15.8 Å². The first-order chi connectivity index (χ1) is 12.0. The number of amides is 1. The van der Waals surface area contributed by atoms with Crippen LogP contribution in [0.3, 0.4) is 0 Å². The van der Waals surface area contributed by atoms with E-state index < -0.39 is 10.0 Å². The number of sulfonamides is 1. The van der Waals surface area contributed by atoms with E-state index in [1.165, 1.54) is 17.7 Å². The van der Waals surface area contributed by atoms with Gasteiger partial charge in [-0.05, 0) is 23.8 Å². The van der Waals surface area contributed by atoms with Crippen LogP contribution in [0.5, 0.6) is 0 Å². The first-order valence-corrected chi connectivity index (χ1v) is 10.7. The zero-order valence-electron chi connectivity index (χ0n) is 14.1. The summed E-state index contributed by atoms with van der Waals surface area (Å²) >= 11 is 1.74. The molecule has 0 radical (unpaired) electrons. The number of hydrogen-bond donors (Lipinski definition) is 2. The summed E-state index contributed by atoms with van der Waals surface area (Å²) in [7, 11) is -3.56. The van der Waals surface area contributed by atoms with Crippen LogP contribution >= 0.6 is 11.8 Å². The first kappa shape index (κ1) is 19.5. The van der Waals surface area contributed by atoms with Crippen molar-refractivity contribution in [1.82, 2.24) is 10.0 Å². The quantitative estimate of drug-likeness (QED) is 0.658. The highest BCUT2D eigenvalue weighted by Crippen LogP contribution is 2.12. The van der Waals surface area contributed by atoms with Gasteiger partial charge in [0.15, 0.2) is 0 Å². The number of rotatable bonds is 9. The molecule has 0 heterocycles. The van der Waals surface area contributed by atoms with Crippen LogP contribution in [0.15, 0.2) is 59.5 Å². The average molecular weight is 379 g/mol. The smallest absolute Gasteiger partial charge is 0.251 e. The number of thioether (sulfide) groups is 1. The predicted octanol–water partition coefficient (Wildman–Crippen LogP) is 2.65. The van der Waals surface area contributed by atoms with Crippen molar-refractivity contribution in [1.29, 1.82) is 0 Å². The Hall–Kier alpha value is -1.83. The second kappa shape index (κ2) is 9.60. The van der Waals surface area contributed by atoms with Gasteiger partial charge in [0, 0.05) is 30.2 Å². The minimum absolute atomic E-state index is 0.0976. The van der Waals surface area contributed by atoms with Gasteiger partial charge in [0.1, 0.15) is 0 Å². The van der Waals surface area contributed by atoms with Gasteiger partial charge in [0.25, 0.3) is 5.91 Å². The van der Waals surface area contributed by atoms with Crippen molar-refractivity contribution in [3.8, 4) is 0 Å². The Bertz CT molecular complexity index is 793. The molecule has 0 aromatic heterocycles. The molecule has 7 heteroatoms. The second-order valence-electron chi connectivity index (χ2n) is 5.32. The third-order valence-electron chi connectivity index (χ3n) is 3.38. The number of benzene rings is 2. The van der Waals surface area contributed by atoms with Crippen molar-refractivity contribution in [2.75, 3.05) is 18.8 Å². The Labute approximate surface area is 153 Å². The molecule has 2 rings (SSSR count). The van der Waals surface area contributed by atoms with Gasteiger partial charge in [0.2, 0.25) is 10.0 Å². The van der Waals surface area contributed by atoms with E-state index in [2.05, 4.69) is 22.2 Å². The SMILES string of the molecule is CCNS(=O)(=O)c1cccc(C(=O)NCCSCc2ccccc2)c1. The highest BCUT2D eigenvalue weighted by atomic mass is 32.2. The monoisotopic (exact) mass is 378 g/mol. The van der Waals surface area contributed by atoms with Crippen LogP contribution in [0, 0.1) is 0 Å². The summed E-state index contributed by atoms with van der Waals surface area (Å²) in [5.41, 5.74) is 1.59. The Morgan fingerprint density at radius 1 is 1.08 bits per heavy atom. The Morgan fingerprint density at radius 3 is 2.56 bits per heavy atom. The third kappa shape index (κ3) is 6.19. The van der Waals surface area contributed by atoms with Crippen LogP contribution in [0.1, 0.15) is 22.8 Å². The highest BCUT2D eigenvalue weighted by molar-refractivity contribution is 7.98. The number of carbonyl (C=O) groups is 1. The third-order valence-corrected chi connectivity index (χ3v) is 5.96. The fraction of sp³-hybridized carbons (Fsp3) is 0.278. The molecule has 0 fully saturated rings. The van der Waals surface area contributed by atoms with E-state index in [1.54, 1.807) is 30.8 Å². The molecule has 0 aliphatic rings. The maximum absolute atomic E-state index is 12.2. The molecule has 1 amide bonds. The van der Waals surface area contributed by atoms with Gasteiger partial charge in [-0.2, -0.15) is 11.8 Å². The van der Waals surface area contributed by atoms with E-state index in [9.17, 15) is 13.2 Å². The molecular weight excluding hydrogens is 356 g/mol. The summed E-state index contributed by atoms with van der Waals surface area (Å²) < 4.78 is 26.4. The van der Waals surface area contributed by atoms with Gasteiger partial charge in [-0.25, -0.2) is 13.1 Å². The minimum Gasteiger partial charge on any atom is -0.351 e. The van der Waals surface area contributed by atoms with Crippen LogP contribution in [-0.4, -0.2) is 33.2 Å². The molecule has 2 aromatic carbocycles. The zero-order chi connectivity index (χ0) is 18.1. The van der Waals surface area contributed by atoms with Crippen LogP contribution in [0.2, 0.25) is 0 Å². The summed E-state index contributed by atoms with van der Waals surface area (Å²) in [6, 6.07) is 16.2. The Balaban J connectivity index is 1.83. The van der Waals surface area contributed by atoms with Crippen molar-refractivity contribution in [2.24, 2.45) is 0 Å². The standard InChI is InChI=1S/C18H22N2O3S2/c1-2-20-25(22,23)17-10-6-9-16(13-17)18(21)19-11-12-24-14-15-7-4-3-5-8-15/h3-10,13,20H,2,11-12,14H2,1H3,(H,19,21). The van der Waals surface area contributed by atoms with E-state index >= 15 is 0 Å². The van der Waals surface area contributed by atoms with Gasteiger partial charge in [-0.3, -0.25) is 4.79 Å². The number of hydrogen-bond acceptors (Lipinski definition) is 4. The molecule has 2 aromatic rings. The lowest BCUT2D eigenvalue weighted by molar-refractivity contribution is 0.0956. The largest absolute Gasteiger partial charge is 0.351 e. The van der Waals surface area contributed by atoms with E-state index in [-0.39, 0.29) is 10.8 Å². The Kier molecular flexibility index (Phi) is 7.49. The fourth-order valence-corrected chi connectivity index (χ4v) is 4.09. The molecule has 5 nitrogen and oxygen atoms in total. The molecule has 0 saturated carbocycles. The Morgan fingerprint density at radius 2 is 1.84 bits per heavy atom. The van der Waals surface area contributed by atoms with Crippen molar-refractivity contribution >= 4 is 27.7 Å². The zero-order valence-corrected chi connectivity index (χ0v) is 15.7. The molecule has 2 N–H and O–H groups in total. The van der Waals surface area contributed by atoms with Gasteiger partial charge in [0.05, 0.1) is 4.90 Å². The topological polar surface area (TPSA) is 75.3 Å². The molecule has 0 unspecified atom stereocenters. The van der Waals surface area contributed by atoms with E-state index in [0.717, 1.165) is 11.5 Å². The van der Waals surface area contributed by atoms with E-state index in [0.29, 0.717) is 18.7 Å². The molecule has 0 aliphatic heterocycles. The molecule has 0 bridgehead atoms. The average Bonchev–Trinajstić information content (AvgIpc) is 2.62. The lowest BCUT2D eigenvalue weighted by Gasteiger charge is -2.08. The van der Waals surface area contributed by atoms with Gasteiger partial charge >= 0.3 is 0 Å². The molecule has 0 saturated heterocycles. The second-order valence-corrected chi connectivity index (χ2v) is 8.20. The molecule has 0 spiro atoms. The number of nitrogens with one attached hydrogen (secondary N) is 2. The summed E-state index contributed by atoms with van der Waals surface area (Å²) in [4.78, 5) is 12.3. The first-order valence-electron chi connectivity index (χ1n) is 8.02. The van der Waals surface area contributed by atoms with Crippen LogP contribution in [0.4, 0.5) is 0 Å². The summed E-state index contributed by atoms with van der Waals surface area (Å²) in [5.74, 6) is 1.41. The summed E-state index contributed by atoms with van der Waals surface area (Å²) in [5, 5.41) is 2.82. The minimum atomic E-state index is -3.56. The predicted molar refractivity (Wildman–Crippen MR) is 102 cm³/mol. The van der Waals surface area contributed by atoms with Crippen molar-refractivity contribution in [2.45, 2.75) is 17.6 Å². The maximum Gasteiger partial charge on any atom is 0.251 e. The molecule has 25 heavy (non-hydrogen) atoms. The summed E-state index contributed by atoms with van der Waals surface area (Å²) in [6.45, 7) is 2.54. The fourth-order valence-electron chi connectivity index (χ4n) is 2.18. The van der Waals surface area contributed by atoms with Crippen molar-refractivity contribution < 1.29 is 13.2 Å². The maximum atomic E-state index is 12.2. The lowest BCUT2D eigenvalue weighted by Crippen LogP contribution is -2.27. The van der Waals surface area contributed by atoms with Crippen molar-refractivity contribution in [3.63, 3.8) is 0 Å². The van der Waals surface area contributed by atoms with Crippen LogP contribution in [0.25, 0.3) is 0 Å². The summed E-state index contributed by atoms with van der Waals surface area (Å²) in [6.07, 6.45) is 0. The van der Waals surface area contributed by atoms with Gasteiger partial charge in [-0.15, -0.1) is 0 Å². The van der Waals surface area contributed by atoms with Gasteiger partial charge in [-0.1, -0.05) is 43.3 Å². The van der Waals surface area contributed by atoms with Gasteiger partial charge < -0.3 is 5.32 Å². The molecule has 0 atom stereocenters. The van der Waals surface area contributed by atoms with E-state index in [4.69, 9.17) is 0 Å². The molecule has 0 aliphatic carbocycles. The number of carbonyl (C=O) groups excluding carboxylic acids is 1. The molecule has 134 valence electrons. The normalized spacial score (nSPS) is 11.2. The molecular formula is C18H22N2O3S2. The van der Waals surface area contributed by atoms with E-state index in [1.807, 2.05) is 18.2 Å². The van der Waals surface area contributed by atoms with Crippen LogP contribution < -0.4 is 10.0 Å².